The fraction of sp³-hybridized carbons (Fsp3) is 0.250. The first-order chi connectivity index (χ1) is 12.4. The van der Waals surface area contributed by atoms with Crippen LogP contribution < -0.4 is 5.32 Å². The molecule has 0 aliphatic heterocycles. The number of nitrogens with one attached hydrogen (secondary N) is 1. The third-order valence-electron chi connectivity index (χ3n) is 4.54. The van der Waals surface area contributed by atoms with Gasteiger partial charge in [0.25, 0.3) is 5.91 Å². The molecule has 0 saturated heterocycles. The van der Waals surface area contributed by atoms with E-state index < -0.39 is 17.5 Å². The Labute approximate surface area is 151 Å². The Balaban J connectivity index is 1.84. The quantitative estimate of drug-likeness (QED) is 0.759. The Bertz CT molecular complexity index is 949. The molecule has 0 fully saturated rings. The molecule has 3 aromatic rings. The minimum Gasteiger partial charge on any atom is -0.350 e. The van der Waals surface area contributed by atoms with E-state index in [0.29, 0.717) is 12.6 Å². The third kappa shape index (κ3) is 3.46. The Morgan fingerprint density at radius 2 is 1.92 bits per heavy atom. The van der Waals surface area contributed by atoms with Crippen LogP contribution in [0.2, 0.25) is 0 Å². The maximum Gasteiger partial charge on any atom is 0.254 e. The summed E-state index contributed by atoms with van der Waals surface area (Å²) in [6.07, 6.45) is 2.04. The Morgan fingerprint density at radius 1 is 1.19 bits per heavy atom. The zero-order valence-corrected chi connectivity index (χ0v) is 15.0. The van der Waals surface area contributed by atoms with Crippen molar-refractivity contribution < 1.29 is 13.6 Å². The van der Waals surface area contributed by atoms with Gasteiger partial charge in [0.05, 0.1) is 11.6 Å². The van der Waals surface area contributed by atoms with Crippen LogP contribution in [0.3, 0.4) is 0 Å². The number of fused-ring (bicyclic) bond motifs is 1. The molecule has 0 spiro atoms. The molecule has 4 nitrogen and oxygen atoms in total. The predicted octanol–water partition coefficient (Wildman–Crippen LogP) is 3.49. The summed E-state index contributed by atoms with van der Waals surface area (Å²) in [6.45, 7) is 0.302. The van der Waals surface area contributed by atoms with Crippen LogP contribution in [0.1, 0.15) is 22.0 Å². The molecule has 0 aliphatic carbocycles. The normalized spacial score (nSPS) is 12.5. The van der Waals surface area contributed by atoms with E-state index in [0.717, 1.165) is 28.6 Å². The van der Waals surface area contributed by atoms with Crippen LogP contribution >= 0.6 is 0 Å². The Morgan fingerprint density at radius 3 is 2.62 bits per heavy atom. The van der Waals surface area contributed by atoms with Gasteiger partial charge in [0, 0.05) is 36.8 Å². The lowest BCUT2D eigenvalue weighted by Gasteiger charge is -2.24. The molecule has 0 bridgehead atoms. The molecule has 0 saturated carbocycles. The molecule has 26 heavy (non-hydrogen) atoms. The van der Waals surface area contributed by atoms with Crippen LogP contribution in [0.25, 0.3) is 10.9 Å². The highest BCUT2D eigenvalue weighted by molar-refractivity contribution is 5.94. The van der Waals surface area contributed by atoms with E-state index in [4.69, 9.17) is 0 Å². The average Bonchev–Trinajstić information content (AvgIpc) is 2.92. The van der Waals surface area contributed by atoms with Crippen molar-refractivity contribution in [2.75, 3.05) is 20.6 Å². The lowest BCUT2D eigenvalue weighted by atomic mass is 10.0. The number of aryl methyl sites for hydroxylation is 1. The van der Waals surface area contributed by atoms with E-state index in [9.17, 15) is 13.6 Å². The molecule has 1 N–H and O–H groups in total. The zero-order chi connectivity index (χ0) is 18.8. The topological polar surface area (TPSA) is 37.3 Å². The summed E-state index contributed by atoms with van der Waals surface area (Å²) in [5.74, 6) is -2.13. The number of hydrogen-bond acceptors (Lipinski definition) is 2. The number of aromatic nitrogens is 1. The molecule has 0 aliphatic rings. The smallest absolute Gasteiger partial charge is 0.254 e. The second-order valence-corrected chi connectivity index (χ2v) is 6.53. The second kappa shape index (κ2) is 7.25. The lowest BCUT2D eigenvalue weighted by Crippen LogP contribution is -2.34. The van der Waals surface area contributed by atoms with Crippen LogP contribution in [0.5, 0.6) is 0 Å². The summed E-state index contributed by atoms with van der Waals surface area (Å²) in [5, 5.41) is 3.87. The average molecular weight is 357 g/mol. The maximum absolute atomic E-state index is 13.8. The monoisotopic (exact) mass is 357 g/mol. The number of likely N-dealkylation sites (N-methyl/N-ethyl adjacent to an activating group) is 1. The lowest BCUT2D eigenvalue weighted by molar-refractivity contribution is 0.0938. The van der Waals surface area contributed by atoms with Crippen molar-refractivity contribution in [3.05, 3.63) is 71.4 Å². The fourth-order valence-electron chi connectivity index (χ4n) is 3.17. The predicted molar refractivity (Wildman–Crippen MR) is 98.0 cm³/mol. The summed E-state index contributed by atoms with van der Waals surface area (Å²) < 4.78 is 28.9. The van der Waals surface area contributed by atoms with Crippen molar-refractivity contribution in [1.82, 2.24) is 14.8 Å². The van der Waals surface area contributed by atoms with Gasteiger partial charge in [-0.25, -0.2) is 8.78 Å². The van der Waals surface area contributed by atoms with Crippen LogP contribution in [-0.2, 0) is 7.05 Å². The molecule has 2 aromatic carbocycles. The van der Waals surface area contributed by atoms with Gasteiger partial charge in [-0.2, -0.15) is 0 Å². The first kappa shape index (κ1) is 18.1. The SMILES string of the molecule is CN(C)C(CNC(=O)c1ccc(F)cc1F)c1cn(C)c2ccccc12. The zero-order valence-electron chi connectivity index (χ0n) is 15.0. The summed E-state index contributed by atoms with van der Waals surface area (Å²) >= 11 is 0. The first-order valence-electron chi connectivity index (χ1n) is 8.32. The molecular formula is C20H21F2N3O. The van der Waals surface area contributed by atoms with Gasteiger partial charge in [-0.1, -0.05) is 18.2 Å². The summed E-state index contributed by atoms with van der Waals surface area (Å²) in [4.78, 5) is 14.3. The van der Waals surface area contributed by atoms with Crippen molar-refractivity contribution in [1.29, 1.82) is 0 Å². The van der Waals surface area contributed by atoms with Gasteiger partial charge >= 0.3 is 0 Å². The van der Waals surface area contributed by atoms with E-state index in [1.165, 1.54) is 0 Å². The van der Waals surface area contributed by atoms with Gasteiger partial charge in [-0.15, -0.1) is 0 Å². The molecule has 1 heterocycles. The number of benzene rings is 2. The molecule has 1 unspecified atom stereocenters. The molecule has 1 amide bonds. The maximum atomic E-state index is 13.8. The number of nitrogens with zero attached hydrogens (tertiary/aromatic N) is 2. The Kier molecular flexibility index (Phi) is 5.04. The van der Waals surface area contributed by atoms with Crippen LogP contribution in [-0.4, -0.2) is 36.0 Å². The van der Waals surface area contributed by atoms with Crippen molar-refractivity contribution >= 4 is 16.8 Å². The van der Waals surface area contributed by atoms with Crippen molar-refractivity contribution in [3.63, 3.8) is 0 Å². The van der Waals surface area contributed by atoms with Gasteiger partial charge in [0.2, 0.25) is 0 Å². The molecular weight excluding hydrogens is 336 g/mol. The number of rotatable bonds is 5. The third-order valence-corrected chi connectivity index (χ3v) is 4.54. The van der Waals surface area contributed by atoms with E-state index in [-0.39, 0.29) is 11.6 Å². The minimum atomic E-state index is -0.867. The van der Waals surface area contributed by atoms with Crippen LogP contribution in [0.15, 0.2) is 48.7 Å². The van der Waals surface area contributed by atoms with Gasteiger partial charge < -0.3 is 14.8 Å². The molecule has 0 radical (unpaired) electrons. The first-order valence-corrected chi connectivity index (χ1v) is 8.32. The molecule has 3 rings (SSSR count). The highest BCUT2D eigenvalue weighted by atomic mass is 19.1. The molecule has 6 heteroatoms. The summed E-state index contributed by atoms with van der Waals surface area (Å²) in [7, 11) is 5.83. The number of carbonyl (C=O) groups excluding carboxylic acids is 1. The second-order valence-electron chi connectivity index (χ2n) is 6.53. The van der Waals surface area contributed by atoms with Crippen LogP contribution in [0.4, 0.5) is 8.78 Å². The van der Waals surface area contributed by atoms with Gasteiger partial charge in [0.15, 0.2) is 0 Å². The number of carbonyl (C=O) groups is 1. The van der Waals surface area contributed by atoms with Gasteiger partial charge in [-0.3, -0.25) is 4.79 Å². The minimum absolute atomic E-state index is 0.0893. The largest absolute Gasteiger partial charge is 0.350 e. The standard InChI is InChI=1S/C20H21F2N3O/c1-24(2)19(16-12-25(3)18-7-5-4-6-14(16)18)11-23-20(26)15-9-8-13(21)10-17(15)22/h4-10,12,19H,11H2,1-3H3,(H,23,26). The molecule has 1 aromatic heterocycles. The number of halogens is 2. The Hall–Kier alpha value is -2.73. The van der Waals surface area contributed by atoms with Crippen LogP contribution in [0, 0.1) is 11.6 Å². The summed E-state index contributed by atoms with van der Waals surface area (Å²) in [5.41, 5.74) is 2.01. The van der Waals surface area contributed by atoms with E-state index in [1.807, 2.05) is 61.1 Å². The number of amides is 1. The highest BCUT2D eigenvalue weighted by Crippen LogP contribution is 2.28. The van der Waals surface area contributed by atoms with E-state index in [1.54, 1.807) is 0 Å². The summed E-state index contributed by atoms with van der Waals surface area (Å²) in [6, 6.07) is 10.9. The van der Waals surface area contributed by atoms with Crippen molar-refractivity contribution in [2.45, 2.75) is 6.04 Å². The number of hydrogen-bond donors (Lipinski definition) is 1. The fourth-order valence-corrected chi connectivity index (χ4v) is 3.17. The highest BCUT2D eigenvalue weighted by Gasteiger charge is 2.21. The molecule has 136 valence electrons. The van der Waals surface area contributed by atoms with Crippen molar-refractivity contribution in [3.8, 4) is 0 Å². The number of para-hydroxylation sites is 1. The molecule has 1 atom stereocenters. The van der Waals surface area contributed by atoms with Gasteiger partial charge in [0.1, 0.15) is 11.6 Å². The van der Waals surface area contributed by atoms with Gasteiger partial charge in [-0.05, 0) is 37.9 Å². The van der Waals surface area contributed by atoms with E-state index >= 15 is 0 Å². The van der Waals surface area contributed by atoms with E-state index in [2.05, 4.69) is 5.32 Å². The van der Waals surface area contributed by atoms with Crippen molar-refractivity contribution in [2.24, 2.45) is 7.05 Å².